The number of phenols is 1. The Balaban J connectivity index is 2.19. The fourth-order valence-corrected chi connectivity index (χ4v) is 2.75. The monoisotopic (exact) mass is 302 g/mol. The molecule has 0 aliphatic heterocycles. The molecule has 0 aliphatic carbocycles. The van der Waals surface area contributed by atoms with Gasteiger partial charge in [-0.05, 0) is 24.3 Å². The van der Waals surface area contributed by atoms with Crippen molar-refractivity contribution in [2.24, 2.45) is 0 Å². The summed E-state index contributed by atoms with van der Waals surface area (Å²) >= 11 is 1.29. The van der Waals surface area contributed by atoms with Crippen molar-refractivity contribution < 1.29 is 5.11 Å². The van der Waals surface area contributed by atoms with Crippen LogP contribution in [0.15, 0.2) is 29.1 Å². The van der Waals surface area contributed by atoms with E-state index in [9.17, 15) is 9.90 Å². The molecule has 0 saturated heterocycles. The number of phenolic OH excluding ortho intramolecular Hbond substituents is 1. The van der Waals surface area contributed by atoms with Crippen LogP contribution in [-0.4, -0.2) is 24.9 Å². The van der Waals surface area contributed by atoms with Gasteiger partial charge in [-0.25, -0.2) is 0 Å². The van der Waals surface area contributed by atoms with Crippen molar-refractivity contribution in [1.29, 1.82) is 0 Å². The highest BCUT2D eigenvalue weighted by atomic mass is 32.1. The molecule has 21 heavy (non-hydrogen) atoms. The molecule has 2 heterocycles. The van der Waals surface area contributed by atoms with Crippen LogP contribution in [0.25, 0.3) is 15.5 Å². The molecule has 0 amide bonds. The molecule has 6 nitrogen and oxygen atoms in total. The first-order chi connectivity index (χ1) is 9.86. The topological polar surface area (TPSA) is 80.4 Å². The number of aromatic hydroxyl groups is 1. The third-order valence-corrected chi connectivity index (χ3v) is 3.96. The molecule has 0 fully saturated rings. The number of aromatic nitrogens is 4. The maximum Gasteiger partial charge on any atom is 0.297 e. The predicted molar refractivity (Wildman–Crippen MR) is 80.7 cm³/mol. The van der Waals surface area contributed by atoms with E-state index in [2.05, 4.69) is 15.3 Å². The molecule has 0 saturated carbocycles. The van der Waals surface area contributed by atoms with E-state index < -0.39 is 0 Å². The van der Waals surface area contributed by atoms with Gasteiger partial charge < -0.3 is 5.11 Å². The Kier molecular flexibility index (Phi) is 3.02. The highest BCUT2D eigenvalue weighted by Crippen LogP contribution is 2.26. The lowest BCUT2D eigenvalue weighted by molar-refractivity contribution is 0.475. The number of nitrogens with zero attached hydrogens (tertiary/aromatic N) is 4. The Bertz CT molecular complexity index is 859. The number of fused-ring (bicyclic) bond motifs is 1. The average molecular weight is 302 g/mol. The second kappa shape index (κ2) is 4.63. The summed E-state index contributed by atoms with van der Waals surface area (Å²) in [6, 6.07) is 6.65. The van der Waals surface area contributed by atoms with Crippen LogP contribution in [0, 0.1) is 0 Å². The molecule has 1 aromatic carbocycles. The van der Waals surface area contributed by atoms with E-state index in [1.165, 1.54) is 15.9 Å². The Labute approximate surface area is 124 Å². The number of hydrogen-bond donors (Lipinski definition) is 1. The van der Waals surface area contributed by atoms with E-state index in [-0.39, 0.29) is 16.7 Å². The van der Waals surface area contributed by atoms with Gasteiger partial charge in [0.25, 0.3) is 5.56 Å². The fraction of sp³-hybridized carbons (Fsp3) is 0.286. The van der Waals surface area contributed by atoms with Crippen molar-refractivity contribution in [2.45, 2.75) is 26.2 Å². The maximum atomic E-state index is 12.4. The van der Waals surface area contributed by atoms with E-state index in [0.717, 1.165) is 5.56 Å². The third kappa shape index (κ3) is 2.40. The van der Waals surface area contributed by atoms with Gasteiger partial charge in [0, 0.05) is 11.0 Å². The van der Waals surface area contributed by atoms with Crippen molar-refractivity contribution in [2.75, 3.05) is 0 Å². The molecular formula is C14H14N4O2S. The fourth-order valence-electron chi connectivity index (χ4n) is 1.91. The normalized spacial score (nSPS) is 12.0. The lowest BCUT2D eigenvalue weighted by Crippen LogP contribution is -2.30. The SMILES string of the molecule is CC(C)(C)c1nnc2sc(-c3ccc(O)cc3)nn2c1=O. The molecule has 3 aromatic rings. The van der Waals surface area contributed by atoms with Gasteiger partial charge in [0.1, 0.15) is 16.5 Å². The minimum atomic E-state index is -0.381. The van der Waals surface area contributed by atoms with Crippen molar-refractivity contribution >= 4 is 16.3 Å². The van der Waals surface area contributed by atoms with Gasteiger partial charge >= 0.3 is 0 Å². The molecular weight excluding hydrogens is 288 g/mol. The molecule has 0 spiro atoms. The molecule has 108 valence electrons. The smallest absolute Gasteiger partial charge is 0.297 e. The quantitative estimate of drug-likeness (QED) is 0.745. The largest absolute Gasteiger partial charge is 0.508 e. The van der Waals surface area contributed by atoms with Crippen LogP contribution in [0.2, 0.25) is 0 Å². The van der Waals surface area contributed by atoms with Gasteiger partial charge in [-0.15, -0.1) is 10.2 Å². The molecule has 7 heteroatoms. The van der Waals surface area contributed by atoms with Gasteiger partial charge in [0.15, 0.2) is 0 Å². The Hall–Kier alpha value is -2.28. The lowest BCUT2D eigenvalue weighted by atomic mass is 9.93. The number of rotatable bonds is 1. The van der Waals surface area contributed by atoms with E-state index in [4.69, 9.17) is 0 Å². The van der Waals surface area contributed by atoms with Crippen LogP contribution >= 0.6 is 11.3 Å². The summed E-state index contributed by atoms with van der Waals surface area (Å²) in [6.07, 6.45) is 0. The third-order valence-electron chi connectivity index (χ3n) is 3.02. The second-order valence-corrected chi connectivity index (χ2v) is 6.71. The van der Waals surface area contributed by atoms with E-state index in [0.29, 0.717) is 15.7 Å². The van der Waals surface area contributed by atoms with Gasteiger partial charge in [0.05, 0.1) is 0 Å². The van der Waals surface area contributed by atoms with Crippen molar-refractivity contribution in [3.63, 3.8) is 0 Å². The van der Waals surface area contributed by atoms with Crippen LogP contribution in [0.3, 0.4) is 0 Å². The molecule has 0 aliphatic rings. The van der Waals surface area contributed by atoms with Gasteiger partial charge in [-0.1, -0.05) is 32.1 Å². The minimum Gasteiger partial charge on any atom is -0.508 e. The molecule has 3 rings (SSSR count). The van der Waals surface area contributed by atoms with Gasteiger partial charge in [-0.2, -0.15) is 9.61 Å². The van der Waals surface area contributed by atoms with Crippen LogP contribution in [0.5, 0.6) is 5.75 Å². The summed E-state index contributed by atoms with van der Waals surface area (Å²) in [4.78, 5) is 12.9. The Morgan fingerprint density at radius 3 is 2.43 bits per heavy atom. The summed E-state index contributed by atoms with van der Waals surface area (Å²) in [5.41, 5.74) is 0.587. The molecule has 0 radical (unpaired) electrons. The van der Waals surface area contributed by atoms with Crippen LogP contribution in [0.1, 0.15) is 26.5 Å². The standard InChI is InChI=1S/C14H14N4O2S/c1-14(2,3)10-12(20)18-13(16-15-10)21-11(17-18)8-4-6-9(19)7-5-8/h4-7,19H,1-3H3. The zero-order valence-corrected chi connectivity index (χ0v) is 12.7. The summed E-state index contributed by atoms with van der Waals surface area (Å²) in [7, 11) is 0. The minimum absolute atomic E-state index is 0.187. The van der Waals surface area contributed by atoms with Crippen LogP contribution in [-0.2, 0) is 5.41 Å². The maximum absolute atomic E-state index is 12.4. The Morgan fingerprint density at radius 1 is 1.14 bits per heavy atom. The Morgan fingerprint density at radius 2 is 1.81 bits per heavy atom. The first kappa shape index (κ1) is 13.7. The van der Waals surface area contributed by atoms with E-state index >= 15 is 0 Å². The van der Waals surface area contributed by atoms with E-state index in [1.807, 2.05) is 20.8 Å². The first-order valence-electron chi connectivity index (χ1n) is 6.43. The zero-order chi connectivity index (χ0) is 15.2. The zero-order valence-electron chi connectivity index (χ0n) is 11.9. The van der Waals surface area contributed by atoms with Crippen molar-refractivity contribution in [3.8, 4) is 16.3 Å². The second-order valence-electron chi connectivity index (χ2n) is 5.75. The number of benzene rings is 1. The van der Waals surface area contributed by atoms with E-state index in [1.54, 1.807) is 24.3 Å². The van der Waals surface area contributed by atoms with Gasteiger partial charge in [0.2, 0.25) is 4.96 Å². The number of hydrogen-bond acceptors (Lipinski definition) is 6. The first-order valence-corrected chi connectivity index (χ1v) is 7.24. The summed E-state index contributed by atoms with van der Waals surface area (Å²) in [6.45, 7) is 5.74. The van der Waals surface area contributed by atoms with Gasteiger partial charge in [-0.3, -0.25) is 4.79 Å². The average Bonchev–Trinajstić information content (AvgIpc) is 2.83. The lowest BCUT2D eigenvalue weighted by Gasteiger charge is -2.14. The van der Waals surface area contributed by atoms with Crippen molar-refractivity contribution in [3.05, 3.63) is 40.3 Å². The van der Waals surface area contributed by atoms with Crippen LogP contribution in [0.4, 0.5) is 0 Å². The summed E-state index contributed by atoms with van der Waals surface area (Å²) in [5, 5.41) is 22.4. The van der Waals surface area contributed by atoms with Crippen LogP contribution < -0.4 is 5.56 Å². The predicted octanol–water partition coefficient (Wildman–Crippen LogP) is 2.22. The summed E-state index contributed by atoms with van der Waals surface area (Å²) < 4.78 is 1.29. The highest BCUT2D eigenvalue weighted by molar-refractivity contribution is 7.19. The molecule has 0 bridgehead atoms. The molecule has 0 unspecified atom stereocenters. The molecule has 1 N–H and O–H groups in total. The van der Waals surface area contributed by atoms with Crippen molar-refractivity contribution in [1.82, 2.24) is 19.8 Å². The summed E-state index contributed by atoms with van der Waals surface area (Å²) in [5.74, 6) is 0.187. The molecule has 0 atom stereocenters. The highest BCUT2D eigenvalue weighted by Gasteiger charge is 2.23. The molecule has 2 aromatic heterocycles.